The fourth-order valence-corrected chi connectivity index (χ4v) is 5.18. The van der Waals surface area contributed by atoms with Crippen LogP contribution < -0.4 is 5.32 Å². The van der Waals surface area contributed by atoms with Gasteiger partial charge in [0.05, 0.1) is 0 Å². The molecule has 0 bridgehead atoms. The molecular weight excluding hydrogens is 410 g/mol. The maximum Gasteiger partial charge on any atom is 0.246 e. The SMILES string of the molecule is C[C@@H](CCc1ccccc1)NC(=O)C1CCN(S(=O)(=O)c2cc(F)ccc2F)CC1. The standard InChI is InChI=1S/C22H26F2N2O3S/c1-16(7-8-17-5-3-2-4-6-17)25-22(27)18-11-13-26(14-12-18)30(28,29)21-15-19(23)9-10-20(21)24/h2-6,9-10,15-16,18H,7-8,11-14H2,1H3,(H,25,27)/t16-/m0/s1. The molecule has 162 valence electrons. The number of nitrogens with zero attached hydrogens (tertiary/aromatic N) is 1. The number of sulfonamides is 1. The lowest BCUT2D eigenvalue weighted by atomic mass is 9.96. The van der Waals surface area contributed by atoms with E-state index in [0.717, 1.165) is 29.3 Å². The summed E-state index contributed by atoms with van der Waals surface area (Å²) in [5.41, 5.74) is 1.21. The van der Waals surface area contributed by atoms with Gasteiger partial charge >= 0.3 is 0 Å². The molecule has 1 heterocycles. The molecule has 5 nitrogen and oxygen atoms in total. The summed E-state index contributed by atoms with van der Waals surface area (Å²) >= 11 is 0. The third kappa shape index (κ3) is 5.43. The maximum atomic E-state index is 13.9. The van der Waals surface area contributed by atoms with Crippen molar-refractivity contribution in [1.29, 1.82) is 0 Å². The number of hydrogen-bond donors (Lipinski definition) is 1. The summed E-state index contributed by atoms with van der Waals surface area (Å²) in [7, 11) is -4.14. The lowest BCUT2D eigenvalue weighted by molar-refractivity contribution is -0.126. The topological polar surface area (TPSA) is 66.5 Å². The minimum Gasteiger partial charge on any atom is -0.353 e. The van der Waals surface area contributed by atoms with Gasteiger partial charge in [-0.1, -0.05) is 30.3 Å². The van der Waals surface area contributed by atoms with Crippen LogP contribution in [-0.4, -0.2) is 37.8 Å². The summed E-state index contributed by atoms with van der Waals surface area (Å²) in [5, 5.41) is 3.01. The van der Waals surface area contributed by atoms with Crippen LogP contribution in [0.1, 0.15) is 31.7 Å². The van der Waals surface area contributed by atoms with Crippen molar-refractivity contribution >= 4 is 15.9 Å². The van der Waals surface area contributed by atoms with Crippen LogP contribution in [0.3, 0.4) is 0 Å². The molecule has 2 aromatic carbocycles. The zero-order chi connectivity index (χ0) is 21.7. The van der Waals surface area contributed by atoms with Gasteiger partial charge in [0, 0.05) is 25.0 Å². The lowest BCUT2D eigenvalue weighted by Gasteiger charge is -2.31. The van der Waals surface area contributed by atoms with E-state index >= 15 is 0 Å². The van der Waals surface area contributed by atoms with Gasteiger partial charge in [-0.3, -0.25) is 4.79 Å². The van der Waals surface area contributed by atoms with Crippen molar-refractivity contribution in [2.45, 2.75) is 43.5 Å². The van der Waals surface area contributed by atoms with Gasteiger partial charge in [0.2, 0.25) is 15.9 Å². The summed E-state index contributed by atoms with van der Waals surface area (Å²) in [5.74, 6) is -2.19. The van der Waals surface area contributed by atoms with E-state index in [4.69, 9.17) is 0 Å². The highest BCUT2D eigenvalue weighted by Crippen LogP contribution is 2.26. The predicted octanol–water partition coefficient (Wildman–Crippen LogP) is 3.50. The van der Waals surface area contributed by atoms with Crippen molar-refractivity contribution in [3.8, 4) is 0 Å². The zero-order valence-electron chi connectivity index (χ0n) is 16.9. The monoisotopic (exact) mass is 436 g/mol. The summed E-state index contributed by atoms with van der Waals surface area (Å²) < 4.78 is 53.8. The Morgan fingerprint density at radius 1 is 1.13 bits per heavy atom. The third-order valence-electron chi connectivity index (χ3n) is 5.43. The molecule has 1 aliphatic rings. The number of nitrogens with one attached hydrogen (secondary N) is 1. The van der Waals surface area contributed by atoms with E-state index in [9.17, 15) is 22.0 Å². The van der Waals surface area contributed by atoms with Crippen LogP contribution in [0.2, 0.25) is 0 Å². The Hall–Kier alpha value is -2.32. The number of halogens is 2. The first kappa shape index (κ1) is 22.4. The van der Waals surface area contributed by atoms with Crippen molar-refractivity contribution in [2.24, 2.45) is 5.92 Å². The molecule has 1 N–H and O–H groups in total. The van der Waals surface area contributed by atoms with Crippen molar-refractivity contribution in [2.75, 3.05) is 13.1 Å². The van der Waals surface area contributed by atoms with E-state index in [0.29, 0.717) is 18.9 Å². The molecule has 0 unspecified atom stereocenters. The number of benzene rings is 2. The number of rotatable bonds is 7. The molecule has 30 heavy (non-hydrogen) atoms. The molecular formula is C22H26F2N2O3S. The second-order valence-corrected chi connectivity index (χ2v) is 9.59. The van der Waals surface area contributed by atoms with Gasteiger partial charge in [-0.05, 0) is 56.4 Å². The van der Waals surface area contributed by atoms with Crippen molar-refractivity contribution < 1.29 is 22.0 Å². The number of piperidine rings is 1. The zero-order valence-corrected chi connectivity index (χ0v) is 17.7. The first-order valence-corrected chi connectivity index (χ1v) is 11.5. The maximum absolute atomic E-state index is 13.9. The van der Waals surface area contributed by atoms with E-state index in [1.165, 1.54) is 5.56 Å². The van der Waals surface area contributed by atoms with E-state index in [-0.39, 0.29) is 31.0 Å². The molecule has 2 aromatic rings. The first-order chi connectivity index (χ1) is 14.3. The molecule has 1 aliphatic heterocycles. The van der Waals surface area contributed by atoms with Crippen molar-refractivity contribution in [1.82, 2.24) is 9.62 Å². The number of carbonyl (C=O) groups excluding carboxylic acids is 1. The molecule has 0 aliphatic carbocycles. The van der Waals surface area contributed by atoms with Crippen LogP contribution >= 0.6 is 0 Å². The third-order valence-corrected chi connectivity index (χ3v) is 7.35. The quantitative estimate of drug-likeness (QED) is 0.723. The second-order valence-electron chi connectivity index (χ2n) is 7.69. The van der Waals surface area contributed by atoms with Crippen LogP contribution in [-0.2, 0) is 21.2 Å². The number of amides is 1. The fourth-order valence-electron chi connectivity index (χ4n) is 3.63. The highest BCUT2D eigenvalue weighted by atomic mass is 32.2. The summed E-state index contributed by atoms with van der Waals surface area (Å²) in [6.45, 7) is 2.14. The molecule has 1 fully saturated rings. The molecule has 3 rings (SSSR count). The molecule has 1 atom stereocenters. The molecule has 0 saturated carbocycles. The smallest absolute Gasteiger partial charge is 0.246 e. The molecule has 1 amide bonds. The Bertz CT molecular complexity index is 975. The second kappa shape index (κ2) is 9.66. The number of hydrogen-bond acceptors (Lipinski definition) is 3. The number of aryl methyl sites for hydroxylation is 1. The predicted molar refractivity (Wildman–Crippen MR) is 110 cm³/mol. The van der Waals surface area contributed by atoms with Gasteiger partial charge < -0.3 is 5.32 Å². The van der Waals surface area contributed by atoms with Gasteiger partial charge in [-0.15, -0.1) is 0 Å². The average molecular weight is 437 g/mol. The van der Waals surface area contributed by atoms with Crippen LogP contribution in [0, 0.1) is 17.6 Å². The summed E-state index contributed by atoms with van der Waals surface area (Å²) in [4.78, 5) is 11.9. The average Bonchev–Trinajstić information content (AvgIpc) is 2.74. The van der Waals surface area contributed by atoms with E-state index in [1.54, 1.807) is 0 Å². The van der Waals surface area contributed by atoms with E-state index < -0.39 is 26.6 Å². The normalized spacial score (nSPS) is 16.9. The Kier molecular flexibility index (Phi) is 7.20. The van der Waals surface area contributed by atoms with Gasteiger partial charge in [0.25, 0.3) is 0 Å². The van der Waals surface area contributed by atoms with Gasteiger partial charge in [0.15, 0.2) is 0 Å². The molecule has 8 heteroatoms. The summed E-state index contributed by atoms with van der Waals surface area (Å²) in [6, 6.07) is 12.4. The van der Waals surface area contributed by atoms with Gasteiger partial charge in [-0.2, -0.15) is 4.31 Å². The lowest BCUT2D eigenvalue weighted by Crippen LogP contribution is -2.45. The van der Waals surface area contributed by atoms with Crippen molar-refractivity contribution in [3.05, 3.63) is 65.7 Å². The van der Waals surface area contributed by atoms with Gasteiger partial charge in [-0.25, -0.2) is 17.2 Å². The van der Waals surface area contributed by atoms with Crippen LogP contribution in [0.5, 0.6) is 0 Å². The molecule has 0 radical (unpaired) electrons. The fraction of sp³-hybridized carbons (Fsp3) is 0.409. The van der Waals surface area contributed by atoms with Crippen LogP contribution in [0.15, 0.2) is 53.4 Å². The molecule has 0 aromatic heterocycles. The Labute approximate surface area is 176 Å². The largest absolute Gasteiger partial charge is 0.353 e. The molecule has 0 spiro atoms. The van der Waals surface area contributed by atoms with Crippen molar-refractivity contribution in [3.63, 3.8) is 0 Å². The minimum absolute atomic E-state index is 0.000795. The van der Waals surface area contributed by atoms with E-state index in [2.05, 4.69) is 5.32 Å². The molecule has 1 saturated heterocycles. The first-order valence-electron chi connectivity index (χ1n) is 10.1. The minimum atomic E-state index is -4.14. The Morgan fingerprint density at radius 2 is 1.80 bits per heavy atom. The highest BCUT2D eigenvalue weighted by Gasteiger charge is 2.34. The van der Waals surface area contributed by atoms with E-state index in [1.807, 2.05) is 37.3 Å². The Morgan fingerprint density at radius 3 is 2.47 bits per heavy atom. The summed E-state index contributed by atoms with van der Waals surface area (Å²) in [6.07, 6.45) is 2.35. The Balaban J connectivity index is 1.52. The van der Waals surface area contributed by atoms with Crippen LogP contribution in [0.25, 0.3) is 0 Å². The number of carbonyl (C=O) groups is 1. The highest BCUT2D eigenvalue weighted by molar-refractivity contribution is 7.89. The van der Waals surface area contributed by atoms with Gasteiger partial charge in [0.1, 0.15) is 16.5 Å². The van der Waals surface area contributed by atoms with Crippen LogP contribution in [0.4, 0.5) is 8.78 Å².